The summed E-state index contributed by atoms with van der Waals surface area (Å²) in [5.74, 6) is 1.12. The Morgan fingerprint density at radius 2 is 2.29 bits per heavy atom. The van der Waals surface area contributed by atoms with E-state index in [2.05, 4.69) is 15.1 Å². The third-order valence-electron chi connectivity index (χ3n) is 3.76. The number of aryl methyl sites for hydroxylation is 1. The zero-order chi connectivity index (χ0) is 14.7. The van der Waals surface area contributed by atoms with Crippen molar-refractivity contribution in [3.8, 4) is 0 Å². The first-order chi connectivity index (χ1) is 10.3. The molecule has 1 aliphatic heterocycles. The number of hydrogen-bond acceptors (Lipinski definition) is 5. The van der Waals surface area contributed by atoms with Crippen LogP contribution < -0.4 is 0 Å². The summed E-state index contributed by atoms with van der Waals surface area (Å²) in [5, 5.41) is 4.01. The molecule has 0 N–H and O–H groups in total. The van der Waals surface area contributed by atoms with Gasteiger partial charge in [-0.15, -0.1) is 0 Å². The van der Waals surface area contributed by atoms with E-state index in [1.807, 2.05) is 4.90 Å². The molecule has 0 aliphatic carbocycles. The molecule has 0 spiro atoms. The van der Waals surface area contributed by atoms with E-state index >= 15 is 0 Å². The van der Waals surface area contributed by atoms with Crippen molar-refractivity contribution in [2.45, 2.75) is 38.6 Å². The number of carbonyl (C=O) groups is 1. The fraction of sp³-hybridized carbons (Fsp3) is 0.467. The van der Waals surface area contributed by atoms with Gasteiger partial charge in [-0.1, -0.05) is 18.0 Å². The number of amides is 1. The van der Waals surface area contributed by atoms with Crippen LogP contribution in [0.4, 0.5) is 0 Å². The lowest BCUT2D eigenvalue weighted by Crippen LogP contribution is -2.35. The summed E-state index contributed by atoms with van der Waals surface area (Å²) in [6.45, 7) is 2.48. The maximum atomic E-state index is 12.7. The maximum absolute atomic E-state index is 12.7. The Hall–Kier alpha value is -2.24. The molecule has 1 atom stereocenters. The van der Waals surface area contributed by atoms with Crippen molar-refractivity contribution in [1.29, 1.82) is 0 Å². The Balaban J connectivity index is 1.90. The zero-order valence-electron chi connectivity index (χ0n) is 12.0. The smallest absolute Gasteiger partial charge is 0.256 e. The largest absolute Gasteiger partial charge is 0.340 e. The van der Waals surface area contributed by atoms with Crippen molar-refractivity contribution >= 4 is 5.91 Å². The first-order valence-corrected chi connectivity index (χ1v) is 7.27. The van der Waals surface area contributed by atoms with E-state index in [1.165, 1.54) is 0 Å². The van der Waals surface area contributed by atoms with Crippen molar-refractivity contribution in [3.05, 3.63) is 41.8 Å². The van der Waals surface area contributed by atoms with Crippen LogP contribution in [0, 0.1) is 6.92 Å². The van der Waals surface area contributed by atoms with E-state index in [-0.39, 0.29) is 11.9 Å². The number of aromatic nitrogens is 3. The van der Waals surface area contributed by atoms with Gasteiger partial charge in [-0.25, -0.2) is 0 Å². The standard InChI is InChI=1S/C15H18N4O2/c1-11-17-14(18-21-11)13-7-3-2-4-9-19(13)15(20)12-6-5-8-16-10-12/h5-6,8,10,13H,2-4,7,9H2,1H3/t13-/m0/s1. The van der Waals surface area contributed by atoms with E-state index in [9.17, 15) is 4.79 Å². The number of likely N-dealkylation sites (tertiary alicyclic amines) is 1. The summed E-state index contributed by atoms with van der Waals surface area (Å²) >= 11 is 0. The fourth-order valence-corrected chi connectivity index (χ4v) is 2.73. The highest BCUT2D eigenvalue weighted by molar-refractivity contribution is 5.94. The monoisotopic (exact) mass is 286 g/mol. The van der Waals surface area contributed by atoms with Crippen LogP contribution in [0.15, 0.2) is 29.0 Å². The molecule has 0 unspecified atom stereocenters. The zero-order valence-corrected chi connectivity index (χ0v) is 12.0. The molecule has 6 heteroatoms. The van der Waals surface area contributed by atoms with Crippen LogP contribution in [0.1, 0.15) is 53.8 Å². The van der Waals surface area contributed by atoms with Gasteiger partial charge in [0, 0.05) is 25.9 Å². The molecular formula is C15H18N4O2. The number of hydrogen-bond donors (Lipinski definition) is 0. The summed E-state index contributed by atoms with van der Waals surface area (Å²) in [6.07, 6.45) is 7.31. The molecule has 6 nitrogen and oxygen atoms in total. The highest BCUT2D eigenvalue weighted by atomic mass is 16.5. The molecule has 0 aromatic carbocycles. The van der Waals surface area contributed by atoms with Gasteiger partial charge in [0.1, 0.15) is 0 Å². The van der Waals surface area contributed by atoms with E-state index in [1.54, 1.807) is 31.5 Å². The Kier molecular flexibility index (Phi) is 3.94. The van der Waals surface area contributed by atoms with Gasteiger partial charge >= 0.3 is 0 Å². The highest BCUT2D eigenvalue weighted by Crippen LogP contribution is 2.29. The van der Waals surface area contributed by atoms with Crippen LogP contribution in [0.3, 0.4) is 0 Å². The molecule has 3 rings (SSSR count). The van der Waals surface area contributed by atoms with Crippen LogP contribution in [0.2, 0.25) is 0 Å². The first-order valence-electron chi connectivity index (χ1n) is 7.27. The van der Waals surface area contributed by atoms with Gasteiger partial charge in [-0.05, 0) is 25.0 Å². The fourth-order valence-electron chi connectivity index (χ4n) is 2.73. The number of carbonyl (C=O) groups excluding carboxylic acids is 1. The van der Waals surface area contributed by atoms with Crippen LogP contribution in [0.25, 0.3) is 0 Å². The van der Waals surface area contributed by atoms with Gasteiger partial charge in [0.2, 0.25) is 5.89 Å². The van der Waals surface area contributed by atoms with E-state index in [0.29, 0.717) is 23.8 Å². The predicted octanol–water partition coefficient (Wildman–Crippen LogP) is 2.53. The topological polar surface area (TPSA) is 72.1 Å². The second kappa shape index (κ2) is 6.03. The molecule has 0 bridgehead atoms. The molecule has 0 radical (unpaired) electrons. The highest BCUT2D eigenvalue weighted by Gasteiger charge is 2.30. The van der Waals surface area contributed by atoms with Gasteiger partial charge in [0.15, 0.2) is 5.82 Å². The van der Waals surface area contributed by atoms with Gasteiger partial charge in [-0.2, -0.15) is 4.98 Å². The van der Waals surface area contributed by atoms with Crippen LogP contribution in [0.5, 0.6) is 0 Å². The lowest BCUT2D eigenvalue weighted by molar-refractivity contribution is 0.0670. The maximum Gasteiger partial charge on any atom is 0.256 e. The van der Waals surface area contributed by atoms with E-state index in [0.717, 1.165) is 25.7 Å². The Bertz CT molecular complexity index is 611. The molecule has 0 saturated carbocycles. The molecule has 1 fully saturated rings. The minimum atomic E-state index is -0.113. The number of nitrogens with zero attached hydrogens (tertiary/aromatic N) is 4. The van der Waals surface area contributed by atoms with Crippen molar-refractivity contribution in [3.63, 3.8) is 0 Å². The average Bonchev–Trinajstić information content (AvgIpc) is 2.80. The minimum absolute atomic E-state index is 0.0162. The Labute approximate surface area is 123 Å². The Morgan fingerprint density at radius 1 is 1.38 bits per heavy atom. The van der Waals surface area contributed by atoms with Crippen LogP contribution in [-0.2, 0) is 0 Å². The molecule has 1 aliphatic rings. The second-order valence-electron chi connectivity index (χ2n) is 5.28. The summed E-state index contributed by atoms with van der Waals surface area (Å²) in [6, 6.07) is 3.45. The summed E-state index contributed by atoms with van der Waals surface area (Å²) in [7, 11) is 0. The number of rotatable bonds is 2. The lowest BCUT2D eigenvalue weighted by atomic mass is 10.1. The third kappa shape index (κ3) is 2.94. The predicted molar refractivity (Wildman–Crippen MR) is 75.5 cm³/mol. The lowest BCUT2D eigenvalue weighted by Gasteiger charge is -2.27. The second-order valence-corrected chi connectivity index (χ2v) is 5.28. The average molecular weight is 286 g/mol. The molecule has 110 valence electrons. The molecule has 2 aromatic heterocycles. The van der Waals surface area contributed by atoms with Gasteiger partial charge < -0.3 is 9.42 Å². The van der Waals surface area contributed by atoms with Gasteiger partial charge in [-0.3, -0.25) is 9.78 Å². The summed E-state index contributed by atoms with van der Waals surface area (Å²) in [4.78, 5) is 22.9. The normalized spacial score (nSPS) is 19.3. The van der Waals surface area contributed by atoms with Gasteiger partial charge in [0.05, 0.1) is 11.6 Å². The quantitative estimate of drug-likeness (QED) is 0.848. The molecular weight excluding hydrogens is 268 g/mol. The molecule has 21 heavy (non-hydrogen) atoms. The van der Waals surface area contributed by atoms with Crippen LogP contribution >= 0.6 is 0 Å². The minimum Gasteiger partial charge on any atom is -0.340 e. The van der Waals surface area contributed by atoms with E-state index in [4.69, 9.17) is 4.52 Å². The van der Waals surface area contributed by atoms with Crippen LogP contribution in [-0.4, -0.2) is 32.5 Å². The molecule has 1 amide bonds. The van der Waals surface area contributed by atoms with Crippen molar-refractivity contribution in [2.24, 2.45) is 0 Å². The SMILES string of the molecule is Cc1nc([C@@H]2CCCCCN2C(=O)c2cccnc2)no1. The first kappa shape index (κ1) is 13.7. The van der Waals surface area contributed by atoms with E-state index < -0.39 is 0 Å². The Morgan fingerprint density at radius 3 is 3.00 bits per heavy atom. The third-order valence-corrected chi connectivity index (χ3v) is 3.76. The van der Waals surface area contributed by atoms with Crippen molar-refractivity contribution < 1.29 is 9.32 Å². The molecule has 3 heterocycles. The van der Waals surface area contributed by atoms with Crippen molar-refractivity contribution in [2.75, 3.05) is 6.54 Å². The summed E-state index contributed by atoms with van der Waals surface area (Å²) in [5.41, 5.74) is 0.601. The van der Waals surface area contributed by atoms with Crippen molar-refractivity contribution in [1.82, 2.24) is 20.0 Å². The molecule has 2 aromatic rings. The molecule has 1 saturated heterocycles. The summed E-state index contributed by atoms with van der Waals surface area (Å²) < 4.78 is 5.08. The van der Waals surface area contributed by atoms with Gasteiger partial charge in [0.25, 0.3) is 5.91 Å². The number of pyridine rings is 1.